The van der Waals surface area contributed by atoms with E-state index < -0.39 is 0 Å². The molecule has 0 aliphatic carbocycles. The molecule has 0 spiro atoms. The van der Waals surface area contributed by atoms with E-state index in [2.05, 4.69) is 19.6 Å². The minimum absolute atomic E-state index is 0.500. The van der Waals surface area contributed by atoms with E-state index in [1.54, 1.807) is 0 Å². The number of thiol groups is 1. The van der Waals surface area contributed by atoms with Gasteiger partial charge in [-0.25, -0.2) is 0 Å². The predicted octanol–water partition coefficient (Wildman–Crippen LogP) is 2.12. The van der Waals surface area contributed by atoms with E-state index in [0.29, 0.717) is 6.10 Å². The highest BCUT2D eigenvalue weighted by atomic mass is 32.1. The standard InChI is InChI=1S/C8H16OS/c1-7-8(3-2-6-10)4-5-9-7/h7-8,10H,2-6H2,1H3. The van der Waals surface area contributed by atoms with E-state index >= 15 is 0 Å². The van der Waals surface area contributed by atoms with Crippen molar-refractivity contribution < 1.29 is 4.74 Å². The monoisotopic (exact) mass is 160 g/mol. The Morgan fingerprint density at radius 2 is 2.40 bits per heavy atom. The first-order valence-electron chi connectivity index (χ1n) is 4.07. The van der Waals surface area contributed by atoms with Crippen molar-refractivity contribution in [3.63, 3.8) is 0 Å². The fourth-order valence-electron chi connectivity index (χ4n) is 1.51. The summed E-state index contributed by atoms with van der Waals surface area (Å²) >= 11 is 4.18. The van der Waals surface area contributed by atoms with Gasteiger partial charge in [-0.15, -0.1) is 0 Å². The molecule has 0 amide bonds. The van der Waals surface area contributed by atoms with Gasteiger partial charge in [-0.05, 0) is 37.9 Å². The van der Waals surface area contributed by atoms with Crippen molar-refractivity contribution >= 4 is 12.6 Å². The van der Waals surface area contributed by atoms with Crippen molar-refractivity contribution in [2.24, 2.45) is 5.92 Å². The van der Waals surface area contributed by atoms with Crippen molar-refractivity contribution in [1.82, 2.24) is 0 Å². The van der Waals surface area contributed by atoms with Crippen LogP contribution in [0.25, 0.3) is 0 Å². The number of hydrogen-bond donors (Lipinski definition) is 1. The van der Waals surface area contributed by atoms with Gasteiger partial charge in [0.25, 0.3) is 0 Å². The van der Waals surface area contributed by atoms with Crippen LogP contribution >= 0.6 is 12.6 Å². The maximum Gasteiger partial charge on any atom is 0.0576 e. The Labute approximate surface area is 68.6 Å². The normalized spacial score (nSPS) is 33.0. The first-order chi connectivity index (χ1) is 4.84. The minimum atomic E-state index is 0.500. The zero-order valence-corrected chi connectivity index (χ0v) is 7.44. The summed E-state index contributed by atoms with van der Waals surface area (Å²) in [7, 11) is 0. The van der Waals surface area contributed by atoms with Crippen LogP contribution in [0.3, 0.4) is 0 Å². The lowest BCUT2D eigenvalue weighted by Crippen LogP contribution is -2.10. The first kappa shape index (κ1) is 8.41. The molecule has 2 heteroatoms. The second kappa shape index (κ2) is 4.24. The molecule has 0 radical (unpaired) electrons. The molecule has 0 aromatic carbocycles. The van der Waals surface area contributed by atoms with Crippen LogP contribution in [0.4, 0.5) is 0 Å². The molecule has 0 bridgehead atoms. The molecule has 1 aliphatic rings. The van der Waals surface area contributed by atoms with Gasteiger partial charge in [-0.3, -0.25) is 0 Å². The second-order valence-electron chi connectivity index (χ2n) is 2.99. The van der Waals surface area contributed by atoms with Gasteiger partial charge in [0.1, 0.15) is 0 Å². The third-order valence-corrected chi connectivity index (χ3v) is 2.58. The third-order valence-electron chi connectivity index (χ3n) is 2.27. The average Bonchev–Trinajstić information content (AvgIpc) is 2.31. The summed E-state index contributed by atoms with van der Waals surface area (Å²) in [5.74, 6) is 1.83. The van der Waals surface area contributed by atoms with Crippen molar-refractivity contribution in [2.75, 3.05) is 12.4 Å². The van der Waals surface area contributed by atoms with Crippen LogP contribution in [-0.2, 0) is 4.74 Å². The molecule has 1 nitrogen and oxygen atoms in total. The molecular formula is C8H16OS. The highest BCUT2D eigenvalue weighted by Crippen LogP contribution is 2.24. The van der Waals surface area contributed by atoms with E-state index in [-0.39, 0.29) is 0 Å². The number of ether oxygens (including phenoxy) is 1. The van der Waals surface area contributed by atoms with Gasteiger partial charge in [0.2, 0.25) is 0 Å². The zero-order valence-electron chi connectivity index (χ0n) is 6.55. The maximum atomic E-state index is 5.44. The second-order valence-corrected chi connectivity index (χ2v) is 3.44. The fraction of sp³-hybridized carbons (Fsp3) is 1.00. The Hall–Kier alpha value is 0.310. The van der Waals surface area contributed by atoms with Crippen molar-refractivity contribution in [3.05, 3.63) is 0 Å². The van der Waals surface area contributed by atoms with Crippen LogP contribution in [0.1, 0.15) is 26.2 Å². The molecule has 0 aromatic rings. The Balaban J connectivity index is 2.14. The molecule has 0 N–H and O–H groups in total. The smallest absolute Gasteiger partial charge is 0.0576 e. The van der Waals surface area contributed by atoms with Gasteiger partial charge >= 0.3 is 0 Å². The topological polar surface area (TPSA) is 9.23 Å². The van der Waals surface area contributed by atoms with E-state index in [0.717, 1.165) is 18.3 Å². The molecule has 1 fully saturated rings. The van der Waals surface area contributed by atoms with Gasteiger partial charge in [-0.1, -0.05) is 0 Å². The van der Waals surface area contributed by atoms with Crippen LogP contribution in [0, 0.1) is 5.92 Å². The molecular weight excluding hydrogens is 144 g/mol. The lowest BCUT2D eigenvalue weighted by atomic mass is 9.97. The number of rotatable bonds is 3. The van der Waals surface area contributed by atoms with Gasteiger partial charge in [0.05, 0.1) is 6.10 Å². The van der Waals surface area contributed by atoms with Gasteiger partial charge in [0.15, 0.2) is 0 Å². The molecule has 10 heavy (non-hydrogen) atoms. The van der Waals surface area contributed by atoms with Crippen molar-refractivity contribution in [1.29, 1.82) is 0 Å². The maximum absolute atomic E-state index is 5.44. The first-order valence-corrected chi connectivity index (χ1v) is 4.70. The summed E-state index contributed by atoms with van der Waals surface area (Å²) < 4.78 is 5.44. The summed E-state index contributed by atoms with van der Waals surface area (Å²) in [6.45, 7) is 3.15. The Morgan fingerprint density at radius 3 is 2.90 bits per heavy atom. The largest absolute Gasteiger partial charge is 0.378 e. The van der Waals surface area contributed by atoms with Crippen LogP contribution in [0.5, 0.6) is 0 Å². The van der Waals surface area contributed by atoms with E-state index in [1.165, 1.54) is 19.3 Å². The molecule has 2 atom stereocenters. The minimum Gasteiger partial charge on any atom is -0.378 e. The number of hydrogen-bond acceptors (Lipinski definition) is 2. The van der Waals surface area contributed by atoms with Crippen LogP contribution < -0.4 is 0 Å². The molecule has 60 valence electrons. The summed E-state index contributed by atoms with van der Waals surface area (Å²) in [6.07, 6.45) is 4.29. The predicted molar refractivity (Wildman–Crippen MR) is 46.6 cm³/mol. The van der Waals surface area contributed by atoms with Gasteiger partial charge in [-0.2, -0.15) is 12.6 Å². The van der Waals surface area contributed by atoms with Gasteiger partial charge < -0.3 is 4.74 Å². The molecule has 1 saturated heterocycles. The van der Waals surface area contributed by atoms with Crippen LogP contribution in [-0.4, -0.2) is 18.5 Å². The molecule has 0 aromatic heterocycles. The van der Waals surface area contributed by atoms with Crippen LogP contribution in [0.15, 0.2) is 0 Å². The Bertz CT molecular complexity index is 95.3. The Kier molecular flexibility index (Phi) is 3.57. The summed E-state index contributed by atoms with van der Waals surface area (Å²) in [4.78, 5) is 0. The molecule has 1 aliphatic heterocycles. The molecule has 0 saturated carbocycles. The van der Waals surface area contributed by atoms with E-state index in [1.807, 2.05) is 0 Å². The summed E-state index contributed by atoms with van der Waals surface area (Å²) in [6, 6.07) is 0. The van der Waals surface area contributed by atoms with Crippen LogP contribution in [0.2, 0.25) is 0 Å². The average molecular weight is 160 g/mol. The highest BCUT2D eigenvalue weighted by molar-refractivity contribution is 7.80. The summed E-state index contributed by atoms with van der Waals surface area (Å²) in [5.41, 5.74) is 0. The van der Waals surface area contributed by atoms with Crippen molar-refractivity contribution in [3.8, 4) is 0 Å². The lowest BCUT2D eigenvalue weighted by molar-refractivity contribution is 0.104. The highest BCUT2D eigenvalue weighted by Gasteiger charge is 2.22. The molecule has 1 rings (SSSR count). The van der Waals surface area contributed by atoms with Gasteiger partial charge in [0, 0.05) is 6.61 Å². The lowest BCUT2D eigenvalue weighted by Gasteiger charge is -2.11. The van der Waals surface area contributed by atoms with Crippen molar-refractivity contribution in [2.45, 2.75) is 32.3 Å². The molecule has 1 heterocycles. The fourth-order valence-corrected chi connectivity index (χ4v) is 1.69. The third kappa shape index (κ3) is 2.17. The molecule has 2 unspecified atom stereocenters. The SMILES string of the molecule is CC1OCCC1CCCS. The van der Waals surface area contributed by atoms with E-state index in [9.17, 15) is 0 Å². The quantitative estimate of drug-likeness (QED) is 0.622. The summed E-state index contributed by atoms with van der Waals surface area (Å²) in [5, 5.41) is 0. The van der Waals surface area contributed by atoms with E-state index in [4.69, 9.17) is 4.74 Å². The Morgan fingerprint density at radius 1 is 1.60 bits per heavy atom. The zero-order chi connectivity index (χ0) is 7.40.